The zero-order valence-electron chi connectivity index (χ0n) is 14.3. The van der Waals surface area contributed by atoms with Gasteiger partial charge in [-0.05, 0) is 42.8 Å². The van der Waals surface area contributed by atoms with Gasteiger partial charge in [-0.25, -0.2) is 8.70 Å². The highest BCUT2D eigenvalue weighted by atomic mass is 32.2. The molecule has 6 nitrogen and oxygen atoms in total. The van der Waals surface area contributed by atoms with Crippen molar-refractivity contribution in [1.82, 2.24) is 4.31 Å². The number of ether oxygens (including phenoxy) is 1. The van der Waals surface area contributed by atoms with Gasteiger partial charge in [0, 0.05) is 5.56 Å². The van der Waals surface area contributed by atoms with Crippen molar-refractivity contribution in [3.8, 4) is 5.75 Å². The van der Waals surface area contributed by atoms with Gasteiger partial charge in [-0.2, -0.15) is 8.42 Å². The molecular formula is C19H16FNO5S. The van der Waals surface area contributed by atoms with Crippen molar-refractivity contribution >= 4 is 22.0 Å². The van der Waals surface area contributed by atoms with E-state index in [2.05, 4.69) is 0 Å². The minimum atomic E-state index is -4.20. The number of rotatable bonds is 3. The number of esters is 1. The summed E-state index contributed by atoms with van der Waals surface area (Å²) in [5, 5.41) is 0. The second-order valence-corrected chi connectivity index (χ2v) is 7.57. The van der Waals surface area contributed by atoms with Gasteiger partial charge in [-0.1, -0.05) is 24.3 Å². The number of carbonyl (C=O) groups excluding carboxylic acids is 1. The summed E-state index contributed by atoms with van der Waals surface area (Å²) in [5.41, 5.74) is 1.38. The molecule has 0 N–H and O–H groups in total. The van der Waals surface area contributed by atoms with Crippen LogP contribution >= 0.6 is 0 Å². The number of para-hydroxylation sites is 1. The van der Waals surface area contributed by atoms with Crippen LogP contribution in [0.2, 0.25) is 0 Å². The van der Waals surface area contributed by atoms with Crippen LogP contribution in [0, 0.1) is 11.7 Å². The molecule has 4 rings (SSSR count). The van der Waals surface area contributed by atoms with Crippen LogP contribution in [0.5, 0.6) is 5.75 Å². The lowest BCUT2D eigenvalue weighted by molar-refractivity contribution is -0.147. The predicted molar refractivity (Wildman–Crippen MR) is 95.1 cm³/mol. The monoisotopic (exact) mass is 389 g/mol. The van der Waals surface area contributed by atoms with Crippen LogP contribution < -0.4 is 4.18 Å². The molecule has 27 heavy (non-hydrogen) atoms. The van der Waals surface area contributed by atoms with E-state index in [4.69, 9.17) is 8.92 Å². The fourth-order valence-corrected chi connectivity index (χ4v) is 4.82. The molecule has 0 radical (unpaired) electrons. The maximum absolute atomic E-state index is 13.4. The van der Waals surface area contributed by atoms with Crippen molar-refractivity contribution in [1.29, 1.82) is 0 Å². The van der Waals surface area contributed by atoms with Gasteiger partial charge in [0.1, 0.15) is 11.7 Å². The van der Waals surface area contributed by atoms with E-state index in [0.29, 0.717) is 16.8 Å². The third kappa shape index (κ3) is 2.86. The Morgan fingerprint density at radius 2 is 1.89 bits per heavy atom. The highest BCUT2D eigenvalue weighted by Crippen LogP contribution is 2.50. The third-order valence-electron chi connectivity index (χ3n) is 4.54. The summed E-state index contributed by atoms with van der Waals surface area (Å²) in [6.07, 6.45) is 1.57. The Labute approximate surface area is 156 Å². The molecule has 0 bridgehead atoms. The lowest BCUT2D eigenvalue weighted by Crippen LogP contribution is -2.39. The SMILES string of the molecule is CCOC(=O)[C@@H]1C=C2c3ccccc3OS(=O)(=O)N2[C@H]1c1ccc(F)cc1. The van der Waals surface area contributed by atoms with Crippen molar-refractivity contribution in [2.24, 2.45) is 5.92 Å². The van der Waals surface area contributed by atoms with Crippen molar-refractivity contribution in [2.45, 2.75) is 13.0 Å². The van der Waals surface area contributed by atoms with E-state index in [1.165, 1.54) is 24.3 Å². The van der Waals surface area contributed by atoms with Crippen LogP contribution in [0.25, 0.3) is 5.70 Å². The van der Waals surface area contributed by atoms with Crippen molar-refractivity contribution in [3.63, 3.8) is 0 Å². The fourth-order valence-electron chi connectivity index (χ4n) is 3.44. The first-order valence-electron chi connectivity index (χ1n) is 8.39. The molecule has 140 valence electrons. The molecule has 0 unspecified atom stereocenters. The smallest absolute Gasteiger partial charge is 0.410 e. The maximum atomic E-state index is 13.4. The topological polar surface area (TPSA) is 72.9 Å². The van der Waals surface area contributed by atoms with Crippen LogP contribution in [-0.4, -0.2) is 25.3 Å². The first-order valence-corrected chi connectivity index (χ1v) is 9.76. The van der Waals surface area contributed by atoms with Gasteiger partial charge in [-0.15, -0.1) is 0 Å². The summed E-state index contributed by atoms with van der Waals surface area (Å²) in [6, 6.07) is 11.1. The molecule has 0 aromatic heterocycles. The number of nitrogens with zero attached hydrogens (tertiary/aromatic N) is 1. The molecule has 0 saturated carbocycles. The van der Waals surface area contributed by atoms with Gasteiger partial charge in [0.2, 0.25) is 0 Å². The lowest BCUT2D eigenvalue weighted by Gasteiger charge is -2.34. The van der Waals surface area contributed by atoms with E-state index in [1.807, 2.05) is 0 Å². The van der Waals surface area contributed by atoms with Crippen LogP contribution in [-0.2, 0) is 19.8 Å². The molecule has 2 heterocycles. The van der Waals surface area contributed by atoms with Crippen LogP contribution in [0.15, 0.2) is 54.6 Å². The molecule has 2 atom stereocenters. The summed E-state index contributed by atoms with van der Waals surface area (Å²) >= 11 is 0. The number of halogens is 1. The molecule has 2 aromatic carbocycles. The van der Waals surface area contributed by atoms with Crippen molar-refractivity contribution in [2.75, 3.05) is 6.61 Å². The van der Waals surface area contributed by atoms with Crippen molar-refractivity contribution < 1.29 is 26.5 Å². The molecule has 0 saturated heterocycles. The van der Waals surface area contributed by atoms with Gasteiger partial charge < -0.3 is 8.92 Å². The Bertz CT molecular complexity index is 1030. The fraction of sp³-hybridized carbons (Fsp3) is 0.211. The minimum Gasteiger partial charge on any atom is -0.465 e. The Kier molecular flexibility index (Phi) is 4.15. The standard InChI is InChI=1S/C19H16FNO5S/c1-2-25-19(22)15-11-16-14-5-3-4-6-17(14)26-27(23,24)21(16)18(15)12-7-9-13(20)10-8-12/h3-11,15,18H,2H2,1H3/t15-,18+/m1/s1. The van der Waals surface area contributed by atoms with Crippen molar-refractivity contribution in [3.05, 3.63) is 71.6 Å². The summed E-state index contributed by atoms with van der Waals surface area (Å²) in [6.45, 7) is 1.84. The van der Waals surface area contributed by atoms with Gasteiger partial charge in [-0.3, -0.25) is 4.79 Å². The van der Waals surface area contributed by atoms with Crippen LogP contribution in [0.1, 0.15) is 24.1 Å². The second-order valence-electron chi connectivity index (χ2n) is 6.16. The third-order valence-corrected chi connectivity index (χ3v) is 5.83. The molecule has 0 spiro atoms. The summed E-state index contributed by atoms with van der Waals surface area (Å²) in [5.74, 6) is -1.69. The number of fused-ring (bicyclic) bond motifs is 3. The average Bonchev–Trinajstić information content (AvgIpc) is 3.04. The van der Waals surface area contributed by atoms with Gasteiger partial charge in [0.05, 0.1) is 18.3 Å². The predicted octanol–water partition coefficient (Wildman–Crippen LogP) is 3.04. The lowest BCUT2D eigenvalue weighted by atomic mass is 9.95. The normalized spacial score (nSPS) is 22.3. The zero-order valence-corrected chi connectivity index (χ0v) is 15.1. The number of carbonyl (C=O) groups is 1. The summed E-state index contributed by atoms with van der Waals surface area (Å²) in [7, 11) is -4.20. The summed E-state index contributed by atoms with van der Waals surface area (Å²) < 4.78 is 50.5. The van der Waals surface area contributed by atoms with E-state index in [9.17, 15) is 17.6 Å². The van der Waals surface area contributed by atoms with E-state index in [-0.39, 0.29) is 12.4 Å². The Balaban J connectivity index is 1.90. The maximum Gasteiger partial charge on any atom is 0.410 e. The molecule has 8 heteroatoms. The quantitative estimate of drug-likeness (QED) is 0.755. The molecule has 2 aliphatic heterocycles. The van der Waals surface area contributed by atoms with Crippen LogP contribution in [0.4, 0.5) is 4.39 Å². The van der Waals surface area contributed by atoms with Gasteiger partial charge in [0.15, 0.2) is 5.75 Å². The minimum absolute atomic E-state index is 0.161. The Hall–Kier alpha value is -2.87. The molecule has 0 aliphatic carbocycles. The van der Waals surface area contributed by atoms with E-state index in [0.717, 1.165) is 4.31 Å². The molecule has 0 fully saturated rings. The Morgan fingerprint density at radius 1 is 1.19 bits per heavy atom. The Morgan fingerprint density at radius 3 is 2.59 bits per heavy atom. The average molecular weight is 389 g/mol. The van der Waals surface area contributed by atoms with Crippen LogP contribution in [0.3, 0.4) is 0 Å². The number of hydrogen-bond donors (Lipinski definition) is 0. The summed E-state index contributed by atoms with van der Waals surface area (Å²) in [4.78, 5) is 12.6. The highest BCUT2D eigenvalue weighted by Gasteiger charge is 2.50. The molecule has 0 amide bonds. The molecule has 2 aliphatic rings. The zero-order chi connectivity index (χ0) is 19.2. The molecule has 2 aromatic rings. The van der Waals surface area contributed by atoms with E-state index >= 15 is 0 Å². The van der Waals surface area contributed by atoms with E-state index in [1.54, 1.807) is 37.3 Å². The molecular weight excluding hydrogens is 373 g/mol. The first-order chi connectivity index (χ1) is 12.9. The highest BCUT2D eigenvalue weighted by molar-refractivity contribution is 7.85. The second kappa shape index (κ2) is 6.38. The number of benzene rings is 2. The first kappa shape index (κ1) is 17.5. The van der Waals surface area contributed by atoms with Gasteiger partial charge in [0.25, 0.3) is 0 Å². The van der Waals surface area contributed by atoms with Gasteiger partial charge >= 0.3 is 16.3 Å². The van der Waals surface area contributed by atoms with E-state index < -0.39 is 34.1 Å². The largest absolute Gasteiger partial charge is 0.465 e. The number of hydrogen-bond acceptors (Lipinski definition) is 5.